The Balaban J connectivity index is 1.75. The van der Waals surface area contributed by atoms with Crippen LogP contribution in [0.5, 0.6) is 11.5 Å². The van der Waals surface area contributed by atoms with Crippen LogP contribution in [0.4, 0.5) is 5.69 Å². The van der Waals surface area contributed by atoms with Crippen LogP contribution < -0.4 is 9.47 Å². The summed E-state index contributed by atoms with van der Waals surface area (Å²) >= 11 is 12.4. The minimum absolute atomic E-state index is 0.113. The SMILES string of the molecule is C=CCN1C(=O)/C(=C\c2cc([N+](=O)[O-])ccc2OCCOc2ccc(Cl)c(C)c2)SC1=S. The molecule has 1 heterocycles. The number of carbonyl (C=O) groups excluding carboxylic acids is 1. The fraction of sp³-hybridized carbons (Fsp3) is 0.182. The highest BCUT2D eigenvalue weighted by Crippen LogP contribution is 2.35. The van der Waals surface area contributed by atoms with E-state index >= 15 is 0 Å². The third-order valence-corrected chi connectivity index (χ3v) is 6.22. The van der Waals surface area contributed by atoms with Crippen molar-refractivity contribution in [3.05, 3.63) is 80.2 Å². The van der Waals surface area contributed by atoms with Crippen molar-refractivity contribution in [2.45, 2.75) is 6.92 Å². The number of nitro benzene ring substituents is 1. The van der Waals surface area contributed by atoms with Crippen LogP contribution >= 0.6 is 35.6 Å². The predicted molar refractivity (Wildman–Crippen MR) is 130 cm³/mol. The lowest BCUT2D eigenvalue weighted by molar-refractivity contribution is -0.384. The fourth-order valence-corrected chi connectivity index (χ4v) is 4.22. The summed E-state index contributed by atoms with van der Waals surface area (Å²) in [6.07, 6.45) is 3.13. The summed E-state index contributed by atoms with van der Waals surface area (Å²) in [6, 6.07) is 9.55. The molecule has 1 aliphatic rings. The lowest BCUT2D eigenvalue weighted by Crippen LogP contribution is -2.27. The molecule has 1 saturated heterocycles. The first kappa shape index (κ1) is 23.8. The Labute approximate surface area is 199 Å². The van der Waals surface area contributed by atoms with E-state index < -0.39 is 4.92 Å². The zero-order valence-electron chi connectivity index (χ0n) is 17.1. The molecular weight excluding hydrogens is 472 g/mol. The Bertz CT molecular complexity index is 1120. The molecule has 1 aliphatic heterocycles. The smallest absolute Gasteiger partial charge is 0.270 e. The molecule has 0 atom stereocenters. The molecule has 0 aliphatic carbocycles. The van der Waals surface area contributed by atoms with Crippen LogP contribution in [0.15, 0.2) is 54.0 Å². The van der Waals surface area contributed by atoms with Crippen molar-refractivity contribution in [1.29, 1.82) is 0 Å². The number of rotatable bonds is 9. The monoisotopic (exact) mass is 490 g/mol. The third kappa shape index (κ3) is 5.67. The lowest BCUT2D eigenvalue weighted by Gasteiger charge is -2.12. The van der Waals surface area contributed by atoms with Gasteiger partial charge < -0.3 is 9.47 Å². The van der Waals surface area contributed by atoms with Gasteiger partial charge in [-0.15, -0.1) is 6.58 Å². The Kier molecular flexibility index (Phi) is 7.89. The van der Waals surface area contributed by atoms with Crippen LogP contribution in [0.3, 0.4) is 0 Å². The van der Waals surface area contributed by atoms with Crippen molar-refractivity contribution >= 4 is 57.6 Å². The van der Waals surface area contributed by atoms with Crippen LogP contribution in [0.1, 0.15) is 11.1 Å². The van der Waals surface area contributed by atoms with E-state index in [9.17, 15) is 14.9 Å². The maximum absolute atomic E-state index is 12.6. The maximum Gasteiger partial charge on any atom is 0.270 e. The second-order valence-electron chi connectivity index (χ2n) is 6.67. The molecule has 2 aromatic rings. The van der Waals surface area contributed by atoms with Gasteiger partial charge in [0.15, 0.2) is 0 Å². The lowest BCUT2D eigenvalue weighted by atomic mass is 10.1. The van der Waals surface area contributed by atoms with Gasteiger partial charge in [-0.2, -0.15) is 0 Å². The van der Waals surface area contributed by atoms with Gasteiger partial charge in [0.25, 0.3) is 11.6 Å². The van der Waals surface area contributed by atoms with Gasteiger partial charge in [0.1, 0.15) is 29.0 Å². The molecule has 3 rings (SSSR count). The van der Waals surface area contributed by atoms with Gasteiger partial charge in [-0.1, -0.05) is 41.7 Å². The second-order valence-corrected chi connectivity index (χ2v) is 8.75. The van der Waals surface area contributed by atoms with Crippen LogP contribution in [0.2, 0.25) is 5.02 Å². The van der Waals surface area contributed by atoms with E-state index in [1.165, 1.54) is 23.1 Å². The molecule has 0 radical (unpaired) electrons. The molecule has 0 N–H and O–H groups in total. The second kappa shape index (κ2) is 10.6. The number of nitrogens with zero attached hydrogens (tertiary/aromatic N) is 2. The average Bonchev–Trinajstić information content (AvgIpc) is 3.02. The van der Waals surface area contributed by atoms with Crippen LogP contribution in [0.25, 0.3) is 6.08 Å². The molecule has 1 fully saturated rings. The number of aryl methyl sites for hydroxylation is 1. The highest BCUT2D eigenvalue weighted by atomic mass is 35.5. The number of thiocarbonyl (C=S) groups is 1. The summed E-state index contributed by atoms with van der Waals surface area (Å²) in [5.74, 6) is 0.768. The van der Waals surface area contributed by atoms with Crippen molar-refractivity contribution < 1.29 is 19.2 Å². The average molecular weight is 491 g/mol. The summed E-state index contributed by atoms with van der Waals surface area (Å²) < 4.78 is 11.9. The number of benzene rings is 2. The first-order valence-electron chi connectivity index (χ1n) is 9.46. The maximum atomic E-state index is 12.6. The minimum atomic E-state index is -0.504. The van der Waals surface area contributed by atoms with Gasteiger partial charge in [0.05, 0.1) is 9.83 Å². The standard InChI is InChI=1S/C22H19ClN2O5S2/c1-3-8-24-21(26)20(32-22(24)31)13-15-12-16(25(27)28)4-7-19(15)30-10-9-29-17-5-6-18(23)14(2)11-17/h3-7,11-13H,1,8-10H2,2H3/b20-13+. The minimum Gasteiger partial charge on any atom is -0.490 e. The molecule has 2 aromatic carbocycles. The number of hydrogen-bond donors (Lipinski definition) is 0. The summed E-state index contributed by atoms with van der Waals surface area (Å²) in [5.41, 5.74) is 1.19. The van der Waals surface area contributed by atoms with E-state index in [0.717, 1.165) is 17.3 Å². The zero-order valence-corrected chi connectivity index (χ0v) is 19.5. The van der Waals surface area contributed by atoms with Gasteiger partial charge in [-0.3, -0.25) is 19.8 Å². The predicted octanol–water partition coefficient (Wildman–Crippen LogP) is 5.40. The van der Waals surface area contributed by atoms with E-state index in [1.54, 1.807) is 24.3 Å². The van der Waals surface area contributed by atoms with Gasteiger partial charge in [0, 0.05) is 29.3 Å². The zero-order chi connectivity index (χ0) is 23.3. The first-order chi connectivity index (χ1) is 15.3. The van der Waals surface area contributed by atoms with E-state index in [1.807, 2.05) is 13.0 Å². The Morgan fingerprint density at radius 3 is 2.69 bits per heavy atom. The fourth-order valence-electron chi connectivity index (χ4n) is 2.84. The number of hydrogen-bond acceptors (Lipinski definition) is 7. The molecular formula is C22H19ClN2O5S2. The quantitative estimate of drug-likeness (QED) is 0.116. The molecule has 0 unspecified atom stereocenters. The van der Waals surface area contributed by atoms with E-state index in [-0.39, 0.29) is 24.8 Å². The topological polar surface area (TPSA) is 81.9 Å². The van der Waals surface area contributed by atoms with Crippen molar-refractivity contribution in [1.82, 2.24) is 4.90 Å². The first-order valence-corrected chi connectivity index (χ1v) is 11.1. The highest BCUT2D eigenvalue weighted by Gasteiger charge is 2.31. The number of amides is 1. The van der Waals surface area contributed by atoms with Crippen LogP contribution in [-0.4, -0.2) is 39.8 Å². The molecule has 32 heavy (non-hydrogen) atoms. The molecule has 1 amide bonds. The van der Waals surface area contributed by atoms with Crippen molar-refractivity contribution in [3.8, 4) is 11.5 Å². The molecule has 0 aromatic heterocycles. The molecule has 0 spiro atoms. The van der Waals surface area contributed by atoms with E-state index in [4.69, 9.17) is 33.3 Å². The van der Waals surface area contributed by atoms with Crippen molar-refractivity contribution in [3.63, 3.8) is 0 Å². The number of carbonyl (C=O) groups is 1. The van der Waals surface area contributed by atoms with Crippen LogP contribution in [0, 0.1) is 17.0 Å². The normalized spacial score (nSPS) is 14.7. The molecule has 10 heteroatoms. The number of halogens is 1. The number of nitro groups is 1. The number of ether oxygens (including phenoxy) is 2. The Hall–Kier alpha value is -2.88. The van der Waals surface area contributed by atoms with E-state index in [0.29, 0.717) is 37.9 Å². The van der Waals surface area contributed by atoms with Gasteiger partial charge in [-0.25, -0.2) is 0 Å². The molecule has 166 valence electrons. The third-order valence-electron chi connectivity index (χ3n) is 4.42. The Morgan fingerprint density at radius 2 is 2.00 bits per heavy atom. The van der Waals surface area contributed by atoms with Gasteiger partial charge in [-0.05, 0) is 42.8 Å². The number of non-ortho nitro benzene ring substituents is 1. The van der Waals surface area contributed by atoms with Gasteiger partial charge in [0.2, 0.25) is 0 Å². The Morgan fingerprint density at radius 1 is 1.25 bits per heavy atom. The largest absolute Gasteiger partial charge is 0.490 e. The van der Waals surface area contributed by atoms with Crippen molar-refractivity contribution in [2.24, 2.45) is 0 Å². The summed E-state index contributed by atoms with van der Waals surface area (Å²) in [7, 11) is 0. The summed E-state index contributed by atoms with van der Waals surface area (Å²) in [4.78, 5) is 25.1. The van der Waals surface area contributed by atoms with Crippen LogP contribution in [-0.2, 0) is 4.79 Å². The summed E-state index contributed by atoms with van der Waals surface area (Å²) in [5, 5.41) is 11.9. The number of thioether (sulfide) groups is 1. The van der Waals surface area contributed by atoms with Crippen molar-refractivity contribution in [2.75, 3.05) is 19.8 Å². The molecule has 0 bridgehead atoms. The van der Waals surface area contributed by atoms with Gasteiger partial charge >= 0.3 is 0 Å². The summed E-state index contributed by atoms with van der Waals surface area (Å²) in [6.45, 7) is 6.24. The van der Waals surface area contributed by atoms with E-state index in [2.05, 4.69) is 6.58 Å². The molecule has 7 nitrogen and oxygen atoms in total. The molecule has 0 saturated carbocycles. The highest BCUT2D eigenvalue weighted by molar-refractivity contribution is 8.26.